The van der Waals surface area contributed by atoms with E-state index in [1.54, 1.807) is 0 Å². The molecule has 13 heteroatoms. The Bertz CT molecular complexity index is 1430. The molecule has 1 aliphatic carbocycles. The lowest BCUT2D eigenvalue weighted by molar-refractivity contribution is -0.139. The zero-order valence-electron chi connectivity index (χ0n) is 19.7. The van der Waals surface area contributed by atoms with Crippen LogP contribution in [0.15, 0.2) is 48.5 Å². The van der Waals surface area contributed by atoms with Gasteiger partial charge in [-0.1, -0.05) is 48.5 Å². The van der Waals surface area contributed by atoms with Gasteiger partial charge in [-0.05, 0) is 22.3 Å². The lowest BCUT2D eigenvalue weighted by Gasteiger charge is -2.21. The summed E-state index contributed by atoms with van der Waals surface area (Å²) in [4.78, 5) is 37.9. The molecule has 1 aliphatic heterocycles. The third-order valence-corrected chi connectivity index (χ3v) is 6.37. The van der Waals surface area contributed by atoms with Crippen LogP contribution in [-0.2, 0) is 14.3 Å². The third kappa shape index (κ3) is 4.60. The molecule has 0 saturated carbocycles. The first kappa shape index (κ1) is 25.9. The highest BCUT2D eigenvalue weighted by atomic mass is 19.2. The molecule has 1 N–H and O–H groups in total. The van der Waals surface area contributed by atoms with Crippen molar-refractivity contribution >= 4 is 18.2 Å². The van der Waals surface area contributed by atoms with Crippen LogP contribution in [0.4, 0.5) is 31.5 Å². The highest BCUT2D eigenvalue weighted by Gasteiger charge is 2.40. The van der Waals surface area contributed by atoms with Crippen LogP contribution in [0.5, 0.6) is 5.75 Å². The fraction of sp³-hybridized carbons (Fsp3) is 0.192. The van der Waals surface area contributed by atoms with Gasteiger partial charge in [0.2, 0.25) is 34.8 Å². The molecule has 1 atom stereocenters. The summed E-state index contributed by atoms with van der Waals surface area (Å²) < 4.78 is 81.9. The monoisotopic (exact) mass is 548 g/mol. The van der Waals surface area contributed by atoms with E-state index >= 15 is 0 Å². The first-order chi connectivity index (χ1) is 18.7. The molecule has 5 rings (SSSR count). The Morgan fingerprint density at radius 3 is 2.00 bits per heavy atom. The average Bonchev–Trinajstić information content (AvgIpc) is 3.48. The van der Waals surface area contributed by atoms with Gasteiger partial charge in [-0.2, -0.15) is 8.78 Å². The summed E-state index contributed by atoms with van der Waals surface area (Å²) >= 11 is 0. The summed E-state index contributed by atoms with van der Waals surface area (Å²) in [7, 11) is 0. The van der Waals surface area contributed by atoms with Crippen LogP contribution in [0.25, 0.3) is 11.1 Å². The maximum Gasteiger partial charge on any atom is 0.413 e. The van der Waals surface area contributed by atoms with Gasteiger partial charge in [0.15, 0.2) is 12.8 Å². The number of fused-ring (bicyclic) bond motifs is 3. The van der Waals surface area contributed by atoms with E-state index in [1.807, 2.05) is 53.8 Å². The Morgan fingerprint density at radius 1 is 0.872 bits per heavy atom. The molecule has 0 bridgehead atoms. The quantitative estimate of drug-likeness (QED) is 0.217. The van der Waals surface area contributed by atoms with Crippen LogP contribution in [0.2, 0.25) is 0 Å². The normalized spacial score (nSPS) is 16.0. The molecule has 0 spiro atoms. The number of esters is 1. The number of halogens is 5. The molecule has 3 aromatic carbocycles. The van der Waals surface area contributed by atoms with Crippen LogP contribution < -0.4 is 10.1 Å². The maximum atomic E-state index is 13.8. The summed E-state index contributed by atoms with van der Waals surface area (Å²) in [5.74, 6) is -14.8. The molecule has 0 radical (unpaired) electrons. The smallest absolute Gasteiger partial charge is 0.413 e. The molecule has 8 nitrogen and oxygen atoms in total. The fourth-order valence-electron chi connectivity index (χ4n) is 4.48. The van der Waals surface area contributed by atoms with Crippen LogP contribution in [0.3, 0.4) is 0 Å². The predicted molar refractivity (Wildman–Crippen MR) is 122 cm³/mol. The van der Waals surface area contributed by atoms with Crippen molar-refractivity contribution in [2.45, 2.75) is 12.0 Å². The first-order valence-electron chi connectivity index (χ1n) is 11.4. The fourth-order valence-corrected chi connectivity index (χ4v) is 4.48. The molecular weight excluding hydrogens is 531 g/mol. The van der Waals surface area contributed by atoms with Crippen molar-refractivity contribution in [3.05, 3.63) is 88.7 Å². The second kappa shape index (κ2) is 10.2. The van der Waals surface area contributed by atoms with E-state index in [0.29, 0.717) is 0 Å². The van der Waals surface area contributed by atoms with E-state index in [2.05, 4.69) is 4.74 Å². The van der Waals surface area contributed by atoms with Crippen molar-refractivity contribution in [3.63, 3.8) is 0 Å². The van der Waals surface area contributed by atoms with Crippen molar-refractivity contribution in [2.24, 2.45) is 0 Å². The van der Waals surface area contributed by atoms with Crippen LogP contribution in [0.1, 0.15) is 17.0 Å². The van der Waals surface area contributed by atoms with Crippen molar-refractivity contribution < 1.29 is 50.5 Å². The lowest BCUT2D eigenvalue weighted by atomic mass is 9.98. The number of hydrogen-bond donors (Lipinski definition) is 1. The van der Waals surface area contributed by atoms with Crippen LogP contribution in [0, 0.1) is 29.1 Å². The molecule has 2 amide bonds. The maximum absolute atomic E-state index is 13.8. The minimum Gasteiger partial charge on any atom is -0.448 e. The number of ether oxygens (including phenoxy) is 3. The summed E-state index contributed by atoms with van der Waals surface area (Å²) in [6.07, 6.45) is -2.59. The number of amides is 2. The van der Waals surface area contributed by atoms with Crippen molar-refractivity contribution in [1.29, 1.82) is 0 Å². The molecular formula is C26H17F5N2O6. The van der Waals surface area contributed by atoms with Gasteiger partial charge >= 0.3 is 18.2 Å². The van der Waals surface area contributed by atoms with E-state index in [4.69, 9.17) is 9.47 Å². The number of carbonyl (C=O) groups is 3. The van der Waals surface area contributed by atoms with Crippen LogP contribution in [-0.4, -0.2) is 49.0 Å². The highest BCUT2D eigenvalue weighted by molar-refractivity contribution is 5.85. The molecule has 2 aliphatic rings. The van der Waals surface area contributed by atoms with E-state index in [-0.39, 0.29) is 12.5 Å². The summed E-state index contributed by atoms with van der Waals surface area (Å²) in [5.41, 5.74) is 3.91. The van der Waals surface area contributed by atoms with Gasteiger partial charge in [-0.25, -0.2) is 27.6 Å². The number of rotatable bonds is 5. The summed E-state index contributed by atoms with van der Waals surface area (Å²) in [5, 5.41) is 1.94. The Labute approximate surface area is 216 Å². The number of nitrogens with one attached hydrogen (secondary N) is 1. The second-order valence-electron chi connectivity index (χ2n) is 8.55. The van der Waals surface area contributed by atoms with E-state index in [0.717, 1.165) is 27.2 Å². The summed E-state index contributed by atoms with van der Waals surface area (Å²) in [6, 6.07) is 13.8. The molecule has 39 heavy (non-hydrogen) atoms. The van der Waals surface area contributed by atoms with Gasteiger partial charge in [0, 0.05) is 5.92 Å². The molecule has 202 valence electrons. The number of benzene rings is 3. The van der Waals surface area contributed by atoms with E-state index in [9.17, 15) is 36.3 Å². The van der Waals surface area contributed by atoms with Crippen molar-refractivity contribution in [2.75, 3.05) is 19.9 Å². The average molecular weight is 548 g/mol. The minimum atomic E-state index is -2.43. The Balaban J connectivity index is 1.23. The number of carbonyl (C=O) groups excluding carboxylic acids is 3. The molecule has 0 aromatic heterocycles. The molecule has 1 fully saturated rings. The Morgan fingerprint density at radius 2 is 1.41 bits per heavy atom. The molecule has 3 aromatic rings. The van der Waals surface area contributed by atoms with E-state index in [1.165, 1.54) is 0 Å². The standard InChI is InChI=1S/C26H17F5N2O6/c27-18-19(28)21(30)23(22(31)20(18)29)39-25(35)32-9-17-24(34)38-11-33(17)26(36)37-10-16-14-7-3-1-5-12(14)13-6-2-4-8-15(13)16/h1-8,16-17H,9-11H2,(H,32,35)/t17-/m0/s1. The Kier molecular flexibility index (Phi) is 6.81. The predicted octanol–water partition coefficient (Wildman–Crippen LogP) is 4.60. The molecule has 1 heterocycles. The third-order valence-electron chi connectivity index (χ3n) is 6.37. The molecule has 1 saturated heterocycles. The highest BCUT2D eigenvalue weighted by Crippen LogP contribution is 2.44. The number of hydrogen-bond acceptors (Lipinski definition) is 6. The van der Waals surface area contributed by atoms with Crippen molar-refractivity contribution in [3.8, 4) is 16.9 Å². The largest absolute Gasteiger partial charge is 0.448 e. The van der Waals surface area contributed by atoms with Gasteiger partial charge in [0.1, 0.15) is 6.61 Å². The Hall–Kier alpha value is -4.68. The van der Waals surface area contributed by atoms with Gasteiger partial charge in [0.05, 0.1) is 6.54 Å². The SMILES string of the molecule is O=C(NC[C@H]1C(=O)OCN1C(=O)OCC1c2ccccc2-c2ccccc21)Oc1c(F)c(F)c(F)c(F)c1F. The first-order valence-corrected chi connectivity index (χ1v) is 11.4. The minimum absolute atomic E-state index is 0.0695. The van der Waals surface area contributed by atoms with Crippen molar-refractivity contribution in [1.82, 2.24) is 10.2 Å². The van der Waals surface area contributed by atoms with Gasteiger partial charge < -0.3 is 19.5 Å². The zero-order chi connectivity index (χ0) is 27.8. The van der Waals surface area contributed by atoms with Crippen LogP contribution >= 0.6 is 0 Å². The second-order valence-corrected chi connectivity index (χ2v) is 8.55. The lowest BCUT2D eigenvalue weighted by Crippen LogP contribution is -2.46. The zero-order valence-corrected chi connectivity index (χ0v) is 19.7. The van der Waals surface area contributed by atoms with E-state index < -0.39 is 72.3 Å². The number of cyclic esters (lactones) is 1. The van der Waals surface area contributed by atoms with Gasteiger partial charge in [0.25, 0.3) is 0 Å². The molecule has 0 unspecified atom stereocenters. The van der Waals surface area contributed by atoms with Gasteiger partial charge in [-0.3, -0.25) is 4.90 Å². The summed E-state index contributed by atoms with van der Waals surface area (Å²) in [6.45, 7) is -1.24. The topological polar surface area (TPSA) is 94.2 Å². The van der Waals surface area contributed by atoms with Gasteiger partial charge in [-0.15, -0.1) is 0 Å². The number of nitrogens with zero attached hydrogens (tertiary/aromatic N) is 1.